The Kier molecular flexibility index (Phi) is 4.75. The van der Waals surface area contributed by atoms with Crippen LogP contribution in [-0.4, -0.2) is 45.0 Å². The number of aromatic nitrogens is 3. The third-order valence-electron chi connectivity index (χ3n) is 4.69. The van der Waals surface area contributed by atoms with Crippen molar-refractivity contribution < 1.29 is 13.9 Å². The van der Waals surface area contributed by atoms with Crippen LogP contribution in [0.15, 0.2) is 41.1 Å². The number of rotatable bonds is 4. The van der Waals surface area contributed by atoms with Gasteiger partial charge >= 0.3 is 6.01 Å². The molecule has 0 radical (unpaired) electrons. The highest BCUT2D eigenvalue weighted by Gasteiger charge is 2.25. The summed E-state index contributed by atoms with van der Waals surface area (Å²) in [5, 5.41) is 0. The van der Waals surface area contributed by atoms with E-state index in [9.17, 15) is 4.79 Å². The summed E-state index contributed by atoms with van der Waals surface area (Å²) >= 11 is 0. The molecule has 0 bridgehead atoms. The number of piperidine rings is 1. The Bertz CT molecular complexity index is 931. The highest BCUT2D eigenvalue weighted by molar-refractivity contribution is 5.97. The molecular formula is C20H22N4O3. The molecule has 4 rings (SSSR count). The Balaban J connectivity index is 1.41. The van der Waals surface area contributed by atoms with Gasteiger partial charge in [-0.25, -0.2) is 15.0 Å². The summed E-state index contributed by atoms with van der Waals surface area (Å²) in [7, 11) is 0. The first-order valence-corrected chi connectivity index (χ1v) is 9.23. The topological polar surface area (TPSA) is 81.4 Å². The zero-order chi connectivity index (χ0) is 18.8. The number of benzene rings is 1. The van der Waals surface area contributed by atoms with E-state index in [1.54, 1.807) is 24.5 Å². The van der Waals surface area contributed by atoms with Gasteiger partial charge in [-0.15, -0.1) is 0 Å². The molecule has 0 saturated carbocycles. The van der Waals surface area contributed by atoms with Gasteiger partial charge in [0.2, 0.25) is 0 Å². The molecule has 7 nitrogen and oxygen atoms in total. The van der Waals surface area contributed by atoms with Gasteiger partial charge in [-0.1, -0.05) is 13.8 Å². The molecule has 0 N–H and O–H groups in total. The number of carbonyl (C=O) groups excluding carboxylic acids is 1. The number of likely N-dealkylation sites (tertiary alicyclic amines) is 1. The Morgan fingerprint density at radius 2 is 1.96 bits per heavy atom. The quantitative estimate of drug-likeness (QED) is 0.704. The molecule has 1 fully saturated rings. The fraction of sp³-hybridized carbons (Fsp3) is 0.400. The number of fused-ring (bicyclic) bond motifs is 1. The number of amides is 1. The molecule has 0 unspecified atom stereocenters. The van der Waals surface area contributed by atoms with Gasteiger partial charge in [0.15, 0.2) is 11.5 Å². The smallest absolute Gasteiger partial charge is 0.316 e. The highest BCUT2D eigenvalue weighted by Crippen LogP contribution is 2.23. The molecule has 2 aromatic heterocycles. The van der Waals surface area contributed by atoms with E-state index in [1.165, 1.54) is 0 Å². The molecule has 1 saturated heterocycles. The number of nitrogens with zero attached hydrogens (tertiary/aromatic N) is 4. The zero-order valence-corrected chi connectivity index (χ0v) is 15.5. The number of oxazole rings is 1. The summed E-state index contributed by atoms with van der Waals surface area (Å²) in [6.07, 6.45) is 4.86. The molecule has 27 heavy (non-hydrogen) atoms. The molecule has 3 aromatic rings. The van der Waals surface area contributed by atoms with Crippen LogP contribution < -0.4 is 4.74 Å². The van der Waals surface area contributed by atoms with Crippen molar-refractivity contribution in [3.05, 3.63) is 48.1 Å². The summed E-state index contributed by atoms with van der Waals surface area (Å²) in [5.41, 5.74) is 2.08. The fourth-order valence-corrected chi connectivity index (χ4v) is 3.18. The van der Waals surface area contributed by atoms with Gasteiger partial charge in [0, 0.05) is 49.8 Å². The number of hydrogen-bond acceptors (Lipinski definition) is 6. The van der Waals surface area contributed by atoms with Gasteiger partial charge in [-0.3, -0.25) is 4.79 Å². The minimum atomic E-state index is 0.0143. The molecule has 7 heteroatoms. The van der Waals surface area contributed by atoms with Gasteiger partial charge in [-0.05, 0) is 24.3 Å². The van der Waals surface area contributed by atoms with Crippen LogP contribution >= 0.6 is 0 Å². The van der Waals surface area contributed by atoms with E-state index in [0.29, 0.717) is 36.1 Å². The van der Waals surface area contributed by atoms with Crippen molar-refractivity contribution in [3.8, 4) is 6.01 Å². The monoisotopic (exact) mass is 366 g/mol. The number of carbonyl (C=O) groups is 1. The summed E-state index contributed by atoms with van der Waals surface area (Å²) in [5.74, 6) is 0.917. The Labute approximate surface area is 157 Å². The first-order valence-electron chi connectivity index (χ1n) is 9.23. The Hall–Kier alpha value is -2.96. The molecule has 3 heterocycles. The maximum Gasteiger partial charge on any atom is 0.316 e. The Morgan fingerprint density at radius 1 is 1.22 bits per heavy atom. The van der Waals surface area contributed by atoms with E-state index in [0.717, 1.165) is 18.4 Å². The predicted octanol–water partition coefficient (Wildman–Crippen LogP) is 3.42. The van der Waals surface area contributed by atoms with Gasteiger partial charge in [0.25, 0.3) is 5.91 Å². The lowest BCUT2D eigenvalue weighted by Crippen LogP contribution is -2.41. The highest BCUT2D eigenvalue weighted by atomic mass is 16.5. The van der Waals surface area contributed by atoms with Crippen LogP contribution in [0.1, 0.15) is 48.9 Å². The van der Waals surface area contributed by atoms with Crippen molar-refractivity contribution in [1.29, 1.82) is 0 Å². The average molecular weight is 366 g/mol. The lowest BCUT2D eigenvalue weighted by atomic mass is 10.1. The summed E-state index contributed by atoms with van der Waals surface area (Å²) in [6, 6.07) is 7.58. The van der Waals surface area contributed by atoms with Crippen molar-refractivity contribution >= 4 is 17.0 Å². The summed E-state index contributed by atoms with van der Waals surface area (Å²) in [6.45, 7) is 5.35. The molecule has 0 spiro atoms. The van der Waals surface area contributed by atoms with Crippen LogP contribution in [0.25, 0.3) is 11.1 Å². The minimum Gasteiger partial charge on any atom is -0.460 e. The molecule has 0 aliphatic carbocycles. The standard InChI is InChI=1S/C20H22N4O3/c1-13(2)18-23-16-12-14(4-5-17(16)27-18)19(25)24-10-6-15(7-11-24)26-20-21-8-3-9-22-20/h3-5,8-9,12-13,15H,6-7,10-11H2,1-2H3. The first-order chi connectivity index (χ1) is 13.1. The van der Waals surface area contributed by atoms with Crippen LogP contribution in [0.2, 0.25) is 0 Å². The normalized spacial score (nSPS) is 15.4. The van der Waals surface area contributed by atoms with Crippen molar-refractivity contribution in [1.82, 2.24) is 19.9 Å². The lowest BCUT2D eigenvalue weighted by molar-refractivity contribution is 0.0579. The first kappa shape index (κ1) is 17.5. The molecule has 1 amide bonds. The summed E-state index contributed by atoms with van der Waals surface area (Å²) in [4.78, 5) is 27.4. The van der Waals surface area contributed by atoms with Gasteiger partial charge in [0.1, 0.15) is 11.6 Å². The number of hydrogen-bond donors (Lipinski definition) is 0. The van der Waals surface area contributed by atoms with Gasteiger partial charge in [0.05, 0.1) is 0 Å². The van der Waals surface area contributed by atoms with Gasteiger partial charge < -0.3 is 14.1 Å². The maximum absolute atomic E-state index is 12.9. The van der Waals surface area contributed by atoms with Crippen LogP contribution in [0.3, 0.4) is 0 Å². The van der Waals surface area contributed by atoms with E-state index in [1.807, 2.05) is 30.9 Å². The van der Waals surface area contributed by atoms with E-state index in [4.69, 9.17) is 9.15 Å². The average Bonchev–Trinajstić information content (AvgIpc) is 3.12. The summed E-state index contributed by atoms with van der Waals surface area (Å²) < 4.78 is 11.5. The fourth-order valence-electron chi connectivity index (χ4n) is 3.18. The zero-order valence-electron chi connectivity index (χ0n) is 15.5. The largest absolute Gasteiger partial charge is 0.460 e. The van der Waals surface area contributed by atoms with Crippen molar-refractivity contribution in [3.63, 3.8) is 0 Å². The van der Waals surface area contributed by atoms with E-state index in [2.05, 4.69) is 15.0 Å². The SMILES string of the molecule is CC(C)c1nc2cc(C(=O)N3CCC(Oc4ncccn4)CC3)ccc2o1. The second-order valence-corrected chi connectivity index (χ2v) is 7.03. The van der Waals surface area contributed by atoms with E-state index >= 15 is 0 Å². The van der Waals surface area contributed by atoms with Crippen LogP contribution in [-0.2, 0) is 0 Å². The maximum atomic E-state index is 12.9. The molecule has 1 aliphatic heterocycles. The molecule has 0 atom stereocenters. The molecule has 1 aliphatic rings. The lowest BCUT2D eigenvalue weighted by Gasteiger charge is -2.31. The van der Waals surface area contributed by atoms with E-state index in [-0.39, 0.29) is 17.9 Å². The second kappa shape index (κ2) is 7.34. The van der Waals surface area contributed by atoms with Gasteiger partial charge in [-0.2, -0.15) is 0 Å². The number of ether oxygens (including phenoxy) is 1. The third-order valence-corrected chi connectivity index (χ3v) is 4.69. The van der Waals surface area contributed by atoms with Crippen molar-refractivity contribution in [2.75, 3.05) is 13.1 Å². The molecule has 1 aromatic carbocycles. The van der Waals surface area contributed by atoms with E-state index < -0.39 is 0 Å². The van der Waals surface area contributed by atoms with Crippen molar-refractivity contribution in [2.45, 2.75) is 38.7 Å². The molecule has 140 valence electrons. The van der Waals surface area contributed by atoms with Crippen LogP contribution in [0.4, 0.5) is 0 Å². The predicted molar refractivity (Wildman–Crippen MR) is 99.7 cm³/mol. The third kappa shape index (κ3) is 3.77. The second-order valence-electron chi connectivity index (χ2n) is 7.03. The minimum absolute atomic E-state index is 0.0143. The van der Waals surface area contributed by atoms with Crippen molar-refractivity contribution in [2.24, 2.45) is 0 Å². The molecular weight excluding hydrogens is 344 g/mol. The van der Waals surface area contributed by atoms with Crippen LogP contribution in [0, 0.1) is 0 Å². The van der Waals surface area contributed by atoms with Crippen LogP contribution in [0.5, 0.6) is 6.01 Å². The Morgan fingerprint density at radius 3 is 2.67 bits per heavy atom.